The Bertz CT molecular complexity index is 807. The molecule has 1 amide bonds. The number of amides is 1. The molecule has 0 spiro atoms. The van der Waals surface area contributed by atoms with Gasteiger partial charge in [0.05, 0.1) is 0 Å². The Balaban J connectivity index is 1.98. The fourth-order valence-corrected chi connectivity index (χ4v) is 3.30. The number of carbonyl (C=O) groups excluding carboxylic acids is 1. The second kappa shape index (κ2) is 6.15. The number of benzene rings is 1. The monoisotopic (exact) mass is 423 g/mol. The Morgan fingerprint density at radius 3 is 2.74 bits per heavy atom. The standard InChI is InChI=1S/C16H14IN3O3/c17-12-4-5-13(19-14(12)16(22)23)20-7-6-9-2-1-3-10(15(18)21)11(9)8-20/h1-5H,6-8H2,(H2,18,21)(H,22,23). The molecule has 3 N–H and O–H groups in total. The third-order valence-electron chi connectivity index (χ3n) is 3.90. The van der Waals surface area contributed by atoms with Crippen LogP contribution in [0.2, 0.25) is 0 Å². The predicted molar refractivity (Wildman–Crippen MR) is 93.6 cm³/mol. The second-order valence-corrected chi connectivity index (χ2v) is 6.45. The largest absolute Gasteiger partial charge is 0.476 e. The molecule has 0 aliphatic carbocycles. The minimum Gasteiger partial charge on any atom is -0.476 e. The molecule has 7 heteroatoms. The molecule has 1 aliphatic heterocycles. The van der Waals surface area contributed by atoms with Gasteiger partial charge in [-0.2, -0.15) is 0 Å². The maximum atomic E-state index is 11.6. The van der Waals surface area contributed by atoms with Crippen LogP contribution in [0.5, 0.6) is 0 Å². The molecule has 0 atom stereocenters. The third-order valence-corrected chi connectivity index (χ3v) is 4.77. The zero-order valence-electron chi connectivity index (χ0n) is 12.1. The van der Waals surface area contributed by atoms with Gasteiger partial charge in [-0.1, -0.05) is 12.1 Å². The van der Waals surface area contributed by atoms with Gasteiger partial charge in [0.25, 0.3) is 0 Å². The van der Waals surface area contributed by atoms with E-state index >= 15 is 0 Å². The van der Waals surface area contributed by atoms with Crippen molar-refractivity contribution in [1.29, 1.82) is 0 Å². The van der Waals surface area contributed by atoms with Gasteiger partial charge in [0, 0.05) is 22.2 Å². The van der Waals surface area contributed by atoms with Crippen LogP contribution in [0.25, 0.3) is 0 Å². The Hall–Kier alpha value is -2.16. The lowest BCUT2D eigenvalue weighted by Crippen LogP contribution is -2.33. The van der Waals surface area contributed by atoms with Crippen LogP contribution in [-0.2, 0) is 13.0 Å². The lowest BCUT2D eigenvalue weighted by molar-refractivity contribution is 0.0689. The first-order valence-electron chi connectivity index (χ1n) is 7.02. The van der Waals surface area contributed by atoms with Crippen molar-refractivity contribution in [2.24, 2.45) is 5.73 Å². The number of nitrogens with zero attached hydrogens (tertiary/aromatic N) is 2. The lowest BCUT2D eigenvalue weighted by atomic mass is 9.94. The van der Waals surface area contributed by atoms with E-state index < -0.39 is 11.9 Å². The molecule has 0 radical (unpaired) electrons. The maximum Gasteiger partial charge on any atom is 0.355 e. The van der Waals surface area contributed by atoms with E-state index in [0.29, 0.717) is 28.0 Å². The van der Waals surface area contributed by atoms with Gasteiger partial charge in [0.15, 0.2) is 5.69 Å². The number of hydrogen-bond donors (Lipinski definition) is 2. The number of pyridine rings is 1. The number of primary amides is 1. The minimum atomic E-state index is -1.05. The van der Waals surface area contributed by atoms with Crippen LogP contribution in [0.3, 0.4) is 0 Å². The smallest absolute Gasteiger partial charge is 0.355 e. The summed E-state index contributed by atoms with van der Waals surface area (Å²) in [5.74, 6) is -0.912. The van der Waals surface area contributed by atoms with Gasteiger partial charge in [-0.3, -0.25) is 4.79 Å². The number of carboxylic acid groups (broad SMARTS) is 1. The molecule has 0 saturated carbocycles. The van der Waals surface area contributed by atoms with Gasteiger partial charge >= 0.3 is 5.97 Å². The Morgan fingerprint density at radius 2 is 2.04 bits per heavy atom. The first-order chi connectivity index (χ1) is 11.0. The van der Waals surface area contributed by atoms with E-state index in [1.807, 2.05) is 39.6 Å². The zero-order chi connectivity index (χ0) is 16.6. The van der Waals surface area contributed by atoms with Gasteiger partial charge < -0.3 is 15.7 Å². The van der Waals surface area contributed by atoms with E-state index in [1.54, 1.807) is 18.2 Å². The van der Waals surface area contributed by atoms with E-state index in [0.717, 1.165) is 17.5 Å². The number of carboxylic acids is 1. The van der Waals surface area contributed by atoms with Crippen molar-refractivity contribution in [3.8, 4) is 0 Å². The van der Waals surface area contributed by atoms with Gasteiger partial charge in [-0.25, -0.2) is 9.78 Å². The summed E-state index contributed by atoms with van der Waals surface area (Å²) in [5.41, 5.74) is 7.99. The highest BCUT2D eigenvalue weighted by Gasteiger charge is 2.23. The molecule has 118 valence electrons. The average Bonchev–Trinajstić information content (AvgIpc) is 2.53. The minimum absolute atomic E-state index is 0.0390. The molecular formula is C16H14IN3O3. The van der Waals surface area contributed by atoms with E-state index in [-0.39, 0.29) is 5.69 Å². The Kier molecular flexibility index (Phi) is 4.20. The highest BCUT2D eigenvalue weighted by molar-refractivity contribution is 14.1. The quantitative estimate of drug-likeness (QED) is 0.737. The Morgan fingerprint density at radius 1 is 1.26 bits per heavy atom. The summed E-state index contributed by atoms with van der Waals surface area (Å²) in [6, 6.07) is 9.08. The van der Waals surface area contributed by atoms with Crippen LogP contribution in [0.1, 0.15) is 32.0 Å². The summed E-state index contributed by atoms with van der Waals surface area (Å²) >= 11 is 1.95. The SMILES string of the molecule is NC(=O)c1cccc2c1CN(c1ccc(I)c(C(=O)O)n1)CC2. The van der Waals surface area contributed by atoms with E-state index in [2.05, 4.69) is 4.98 Å². The van der Waals surface area contributed by atoms with Crippen LogP contribution in [-0.4, -0.2) is 28.5 Å². The molecule has 1 aliphatic rings. The predicted octanol–water partition coefficient (Wildman–Crippen LogP) is 2.05. The van der Waals surface area contributed by atoms with Gasteiger partial charge in [-0.15, -0.1) is 0 Å². The number of rotatable bonds is 3. The number of carbonyl (C=O) groups is 2. The summed E-state index contributed by atoms with van der Waals surface area (Å²) in [5, 5.41) is 9.22. The van der Waals surface area contributed by atoms with Crippen LogP contribution in [0, 0.1) is 3.57 Å². The van der Waals surface area contributed by atoms with Gasteiger partial charge in [-0.05, 0) is 58.3 Å². The third kappa shape index (κ3) is 3.00. The van der Waals surface area contributed by atoms with Crippen LogP contribution in [0.4, 0.5) is 5.82 Å². The first-order valence-corrected chi connectivity index (χ1v) is 8.10. The maximum absolute atomic E-state index is 11.6. The number of anilines is 1. The molecule has 23 heavy (non-hydrogen) atoms. The number of aromatic carboxylic acids is 1. The van der Waals surface area contributed by atoms with Crippen molar-refractivity contribution >= 4 is 40.3 Å². The fourth-order valence-electron chi connectivity index (χ4n) is 2.77. The number of fused-ring (bicyclic) bond motifs is 1. The molecule has 0 saturated heterocycles. The number of halogens is 1. The van der Waals surface area contributed by atoms with Crippen LogP contribution < -0.4 is 10.6 Å². The molecule has 6 nitrogen and oxygen atoms in total. The molecule has 2 aromatic rings. The van der Waals surface area contributed by atoms with Gasteiger partial charge in [0.1, 0.15) is 5.82 Å². The molecule has 0 bridgehead atoms. The second-order valence-electron chi connectivity index (χ2n) is 5.28. The van der Waals surface area contributed by atoms with Crippen molar-refractivity contribution in [3.05, 3.63) is 56.3 Å². The van der Waals surface area contributed by atoms with Crippen molar-refractivity contribution in [2.45, 2.75) is 13.0 Å². The van der Waals surface area contributed by atoms with Crippen molar-refractivity contribution in [2.75, 3.05) is 11.4 Å². The number of aromatic nitrogens is 1. The molecule has 0 unspecified atom stereocenters. The summed E-state index contributed by atoms with van der Waals surface area (Å²) in [6.45, 7) is 1.20. The normalized spacial score (nSPS) is 13.5. The average molecular weight is 423 g/mol. The summed E-state index contributed by atoms with van der Waals surface area (Å²) in [4.78, 5) is 29.1. The molecular weight excluding hydrogens is 409 g/mol. The van der Waals surface area contributed by atoms with Crippen LogP contribution in [0.15, 0.2) is 30.3 Å². The summed E-state index contributed by atoms with van der Waals surface area (Å²) in [6.07, 6.45) is 0.756. The Labute approximate surface area is 146 Å². The molecule has 1 aromatic heterocycles. The van der Waals surface area contributed by atoms with E-state index in [1.165, 1.54) is 0 Å². The van der Waals surface area contributed by atoms with Crippen LogP contribution >= 0.6 is 22.6 Å². The molecule has 3 rings (SSSR count). The number of nitrogens with two attached hydrogens (primary N) is 1. The highest BCUT2D eigenvalue weighted by Crippen LogP contribution is 2.26. The van der Waals surface area contributed by atoms with Crippen molar-refractivity contribution in [3.63, 3.8) is 0 Å². The topological polar surface area (TPSA) is 96.5 Å². The summed E-state index contributed by atoms with van der Waals surface area (Å²) in [7, 11) is 0. The molecule has 1 aromatic carbocycles. The van der Waals surface area contributed by atoms with Crippen molar-refractivity contribution in [1.82, 2.24) is 4.98 Å². The van der Waals surface area contributed by atoms with Gasteiger partial charge in [0.2, 0.25) is 5.91 Å². The summed E-state index contributed by atoms with van der Waals surface area (Å²) < 4.78 is 0.592. The molecule has 2 heterocycles. The van der Waals surface area contributed by atoms with Crippen molar-refractivity contribution < 1.29 is 14.7 Å². The fraction of sp³-hybridized carbons (Fsp3) is 0.188. The molecule has 0 fully saturated rings. The van der Waals surface area contributed by atoms with E-state index in [9.17, 15) is 14.7 Å². The van der Waals surface area contributed by atoms with E-state index in [4.69, 9.17) is 5.73 Å². The first kappa shape index (κ1) is 15.7. The lowest BCUT2D eigenvalue weighted by Gasteiger charge is -2.31. The highest BCUT2D eigenvalue weighted by atomic mass is 127. The zero-order valence-corrected chi connectivity index (χ0v) is 14.3. The number of hydrogen-bond acceptors (Lipinski definition) is 4.